The van der Waals surface area contributed by atoms with Crippen molar-refractivity contribution in [2.45, 2.75) is 6.92 Å². The molecule has 2 aromatic heterocycles. The van der Waals surface area contributed by atoms with E-state index in [0.29, 0.717) is 10.8 Å². The predicted molar refractivity (Wildman–Crippen MR) is 55.4 cm³/mol. The molecule has 72 valence electrons. The number of aromatic amines is 1. The summed E-state index contributed by atoms with van der Waals surface area (Å²) in [7, 11) is 0. The summed E-state index contributed by atoms with van der Waals surface area (Å²) in [4.78, 5) is 17.8. The highest BCUT2D eigenvalue weighted by molar-refractivity contribution is 6.35. The van der Waals surface area contributed by atoms with Crippen LogP contribution < -0.4 is 5.32 Å². The molecule has 2 heterocycles. The second kappa shape index (κ2) is 3.31. The van der Waals surface area contributed by atoms with Crippen LogP contribution in [0.15, 0.2) is 18.5 Å². The minimum Gasteiger partial charge on any atom is -0.360 e. The lowest BCUT2D eigenvalue weighted by molar-refractivity contribution is -0.114. The molecule has 5 heteroatoms. The van der Waals surface area contributed by atoms with Crippen LogP contribution in [0.2, 0.25) is 5.02 Å². The highest BCUT2D eigenvalue weighted by Crippen LogP contribution is 2.23. The van der Waals surface area contributed by atoms with Crippen LogP contribution in [0.1, 0.15) is 6.92 Å². The van der Waals surface area contributed by atoms with Crippen molar-refractivity contribution < 1.29 is 4.79 Å². The Hall–Kier alpha value is -1.55. The van der Waals surface area contributed by atoms with Gasteiger partial charge in [-0.2, -0.15) is 0 Å². The first-order chi connectivity index (χ1) is 6.66. The highest BCUT2D eigenvalue weighted by Gasteiger charge is 2.03. The zero-order chi connectivity index (χ0) is 10.1. The van der Waals surface area contributed by atoms with Crippen molar-refractivity contribution in [1.29, 1.82) is 0 Å². The monoisotopic (exact) mass is 209 g/mol. The average Bonchev–Trinajstić information content (AvgIpc) is 2.46. The van der Waals surface area contributed by atoms with Crippen molar-refractivity contribution >= 4 is 34.2 Å². The summed E-state index contributed by atoms with van der Waals surface area (Å²) in [6, 6.07) is 1.74. The molecule has 0 atom stereocenters. The van der Waals surface area contributed by atoms with Gasteiger partial charge in [-0.15, -0.1) is 0 Å². The Balaban J connectivity index is 2.46. The van der Waals surface area contributed by atoms with Gasteiger partial charge in [0.1, 0.15) is 5.82 Å². The molecule has 14 heavy (non-hydrogen) atoms. The number of amides is 1. The third-order valence-corrected chi connectivity index (χ3v) is 2.13. The summed E-state index contributed by atoms with van der Waals surface area (Å²) >= 11 is 5.87. The zero-order valence-electron chi connectivity index (χ0n) is 7.47. The Morgan fingerprint density at radius 3 is 3.14 bits per heavy atom. The third kappa shape index (κ3) is 1.56. The van der Waals surface area contributed by atoms with E-state index in [2.05, 4.69) is 15.3 Å². The molecule has 0 aliphatic heterocycles. The lowest BCUT2D eigenvalue weighted by atomic mass is 10.3. The molecule has 0 unspecified atom stereocenters. The molecule has 0 fully saturated rings. The van der Waals surface area contributed by atoms with Gasteiger partial charge >= 0.3 is 0 Å². The summed E-state index contributed by atoms with van der Waals surface area (Å²) in [5.41, 5.74) is 0.855. The number of carbonyl (C=O) groups is 1. The van der Waals surface area contributed by atoms with E-state index in [1.165, 1.54) is 6.92 Å². The maximum atomic E-state index is 10.8. The molecule has 2 rings (SSSR count). The van der Waals surface area contributed by atoms with Gasteiger partial charge in [0.2, 0.25) is 5.91 Å². The van der Waals surface area contributed by atoms with E-state index in [-0.39, 0.29) is 5.91 Å². The minimum atomic E-state index is -0.144. The number of halogens is 1. The van der Waals surface area contributed by atoms with Crippen LogP contribution in [0.3, 0.4) is 0 Å². The molecule has 2 N–H and O–H groups in total. The van der Waals surface area contributed by atoms with Crippen LogP contribution in [0, 0.1) is 0 Å². The van der Waals surface area contributed by atoms with Gasteiger partial charge in [-0.25, -0.2) is 4.98 Å². The van der Waals surface area contributed by atoms with E-state index >= 15 is 0 Å². The number of hydrogen-bond donors (Lipinski definition) is 2. The number of anilines is 1. The molecule has 0 bridgehead atoms. The lowest BCUT2D eigenvalue weighted by Crippen LogP contribution is -2.06. The molecule has 0 saturated carbocycles. The Morgan fingerprint density at radius 2 is 2.43 bits per heavy atom. The van der Waals surface area contributed by atoms with Crippen LogP contribution >= 0.6 is 11.6 Å². The maximum Gasteiger partial charge on any atom is 0.222 e. The molecular formula is C9H8ClN3O. The van der Waals surface area contributed by atoms with Crippen molar-refractivity contribution in [1.82, 2.24) is 9.97 Å². The number of hydrogen-bond acceptors (Lipinski definition) is 2. The number of rotatable bonds is 1. The number of pyridine rings is 1. The molecule has 0 aromatic carbocycles. The van der Waals surface area contributed by atoms with Crippen molar-refractivity contribution in [2.75, 3.05) is 5.32 Å². The number of carbonyl (C=O) groups excluding carboxylic acids is 1. The van der Waals surface area contributed by atoms with Gasteiger partial charge in [-0.1, -0.05) is 11.6 Å². The number of fused-ring (bicyclic) bond motifs is 1. The maximum absolute atomic E-state index is 10.8. The van der Waals surface area contributed by atoms with E-state index in [9.17, 15) is 4.79 Å². The first-order valence-corrected chi connectivity index (χ1v) is 4.45. The van der Waals surface area contributed by atoms with Crippen molar-refractivity contribution in [3.8, 4) is 0 Å². The fourth-order valence-corrected chi connectivity index (χ4v) is 1.44. The van der Waals surface area contributed by atoms with E-state index in [0.717, 1.165) is 10.9 Å². The van der Waals surface area contributed by atoms with E-state index in [4.69, 9.17) is 11.6 Å². The normalized spacial score (nSPS) is 10.4. The molecule has 0 spiro atoms. The van der Waals surface area contributed by atoms with Crippen LogP contribution in [-0.2, 0) is 4.79 Å². The van der Waals surface area contributed by atoms with Gasteiger partial charge in [-0.05, 0) is 0 Å². The van der Waals surface area contributed by atoms with Gasteiger partial charge in [0.15, 0.2) is 0 Å². The van der Waals surface area contributed by atoms with Crippen LogP contribution in [0.25, 0.3) is 10.9 Å². The van der Waals surface area contributed by atoms with Gasteiger partial charge in [0.05, 0.1) is 10.5 Å². The standard InChI is InChI=1S/C9H8ClN3O/c1-5(14)13-9-2-8-6(3-12-9)7(10)4-11-8/h2-4,11H,1H3,(H,12,13,14). The smallest absolute Gasteiger partial charge is 0.222 e. The Labute approximate surface area is 85.3 Å². The summed E-state index contributed by atoms with van der Waals surface area (Å²) in [5, 5.41) is 4.07. The number of aromatic nitrogens is 2. The molecule has 0 aliphatic carbocycles. The Kier molecular flexibility index (Phi) is 2.13. The third-order valence-electron chi connectivity index (χ3n) is 1.82. The Morgan fingerprint density at radius 1 is 1.64 bits per heavy atom. The second-order valence-corrected chi connectivity index (χ2v) is 3.34. The first kappa shape index (κ1) is 9.02. The van der Waals surface area contributed by atoms with E-state index < -0.39 is 0 Å². The van der Waals surface area contributed by atoms with Crippen molar-refractivity contribution in [3.05, 3.63) is 23.5 Å². The molecule has 0 radical (unpaired) electrons. The van der Waals surface area contributed by atoms with Gasteiger partial charge in [-0.3, -0.25) is 4.79 Å². The van der Waals surface area contributed by atoms with E-state index in [1.807, 2.05) is 0 Å². The summed E-state index contributed by atoms with van der Waals surface area (Å²) in [6.45, 7) is 1.44. The van der Waals surface area contributed by atoms with Crippen LogP contribution in [0.4, 0.5) is 5.82 Å². The molecule has 0 saturated heterocycles. The molecule has 4 nitrogen and oxygen atoms in total. The first-order valence-electron chi connectivity index (χ1n) is 4.07. The van der Waals surface area contributed by atoms with Gasteiger partial charge in [0, 0.05) is 30.8 Å². The molecule has 2 aromatic rings. The summed E-state index contributed by atoms with van der Waals surface area (Å²) in [5.74, 6) is 0.373. The largest absolute Gasteiger partial charge is 0.360 e. The second-order valence-electron chi connectivity index (χ2n) is 2.93. The van der Waals surface area contributed by atoms with Crippen molar-refractivity contribution in [3.63, 3.8) is 0 Å². The summed E-state index contributed by atoms with van der Waals surface area (Å²) < 4.78 is 0. The topological polar surface area (TPSA) is 57.8 Å². The lowest BCUT2D eigenvalue weighted by Gasteiger charge is -1.99. The molecular weight excluding hydrogens is 202 g/mol. The van der Waals surface area contributed by atoms with E-state index in [1.54, 1.807) is 18.5 Å². The molecule has 1 amide bonds. The summed E-state index contributed by atoms with van der Waals surface area (Å²) in [6.07, 6.45) is 3.31. The van der Waals surface area contributed by atoms with Crippen LogP contribution in [-0.4, -0.2) is 15.9 Å². The van der Waals surface area contributed by atoms with Gasteiger partial charge in [0.25, 0.3) is 0 Å². The fraction of sp³-hybridized carbons (Fsp3) is 0.111. The average molecular weight is 210 g/mol. The SMILES string of the molecule is CC(=O)Nc1cc2[nH]cc(Cl)c2cn1. The fourth-order valence-electron chi connectivity index (χ4n) is 1.23. The number of H-pyrrole nitrogens is 1. The number of nitrogens with one attached hydrogen (secondary N) is 2. The quantitative estimate of drug-likeness (QED) is 0.756. The van der Waals surface area contributed by atoms with Crippen LogP contribution in [0.5, 0.6) is 0 Å². The molecule has 0 aliphatic rings. The highest BCUT2D eigenvalue weighted by atomic mass is 35.5. The predicted octanol–water partition coefficient (Wildman–Crippen LogP) is 2.17. The van der Waals surface area contributed by atoms with Gasteiger partial charge < -0.3 is 10.3 Å². The Bertz CT molecular complexity index is 492. The minimum absolute atomic E-state index is 0.144. The zero-order valence-corrected chi connectivity index (χ0v) is 8.22. The van der Waals surface area contributed by atoms with Crippen molar-refractivity contribution in [2.24, 2.45) is 0 Å². The number of nitrogens with zero attached hydrogens (tertiary/aromatic N) is 1.